The van der Waals surface area contributed by atoms with Crippen molar-refractivity contribution in [3.05, 3.63) is 44.9 Å². The van der Waals surface area contributed by atoms with Gasteiger partial charge in [0, 0.05) is 23.2 Å². The second-order valence-corrected chi connectivity index (χ2v) is 8.61. The summed E-state index contributed by atoms with van der Waals surface area (Å²) in [4.78, 5) is 29.2. The summed E-state index contributed by atoms with van der Waals surface area (Å²) in [6, 6.07) is 1.25. The van der Waals surface area contributed by atoms with Crippen LogP contribution in [0.15, 0.2) is 22.9 Å². The van der Waals surface area contributed by atoms with Crippen LogP contribution in [0.3, 0.4) is 0 Å². The van der Waals surface area contributed by atoms with Gasteiger partial charge in [0.1, 0.15) is 21.1 Å². The van der Waals surface area contributed by atoms with E-state index in [-0.39, 0.29) is 21.1 Å². The standard InChI is InChI=1S/C19H16BrF2N7O2S/c1-3-29-7(2)9(5-25-29)8-4-11(16(21)22)26-19-12(8)14(15(32-19)17(23)30)27-18(31)13-10(20)6-24-28-13/h4-6,16H,3H2,1-2H3,(H2,23,30)(H,24,28)(H,27,31). The van der Waals surface area contributed by atoms with Crippen LogP contribution in [0.5, 0.6) is 0 Å². The van der Waals surface area contributed by atoms with E-state index in [4.69, 9.17) is 5.73 Å². The fraction of sp³-hybridized carbons (Fsp3) is 0.211. The van der Waals surface area contributed by atoms with E-state index in [2.05, 4.69) is 41.5 Å². The van der Waals surface area contributed by atoms with Gasteiger partial charge in [-0.15, -0.1) is 11.3 Å². The number of fused-ring (bicyclic) bond motifs is 1. The van der Waals surface area contributed by atoms with Crippen molar-refractivity contribution in [3.8, 4) is 11.1 Å². The smallest absolute Gasteiger partial charge is 0.280 e. The van der Waals surface area contributed by atoms with Crippen molar-refractivity contribution < 1.29 is 18.4 Å². The van der Waals surface area contributed by atoms with E-state index in [0.717, 1.165) is 17.0 Å². The minimum absolute atomic E-state index is 0.00955. The summed E-state index contributed by atoms with van der Waals surface area (Å²) >= 11 is 4.05. The number of carbonyl (C=O) groups excluding carboxylic acids is 2. The van der Waals surface area contributed by atoms with Crippen LogP contribution in [-0.4, -0.2) is 36.8 Å². The number of aromatic amines is 1. The van der Waals surface area contributed by atoms with Gasteiger partial charge < -0.3 is 11.1 Å². The number of nitrogens with two attached hydrogens (primary N) is 1. The Morgan fingerprint density at radius 1 is 1.34 bits per heavy atom. The molecule has 4 heterocycles. The van der Waals surface area contributed by atoms with Gasteiger partial charge in [0.25, 0.3) is 18.2 Å². The highest BCUT2D eigenvalue weighted by Gasteiger charge is 2.27. The minimum atomic E-state index is -2.84. The SMILES string of the molecule is CCn1ncc(-c2cc(C(F)F)nc3sc(C(N)=O)c(NC(=O)c4[nH]ncc4Br)c23)c1C. The lowest BCUT2D eigenvalue weighted by atomic mass is 10.0. The molecule has 32 heavy (non-hydrogen) atoms. The topological polar surface area (TPSA) is 132 Å². The van der Waals surface area contributed by atoms with E-state index in [0.29, 0.717) is 27.5 Å². The van der Waals surface area contributed by atoms with E-state index in [1.807, 2.05) is 13.8 Å². The van der Waals surface area contributed by atoms with Gasteiger partial charge in [-0.25, -0.2) is 13.8 Å². The molecular formula is C19H16BrF2N7O2S. The number of hydrogen-bond donors (Lipinski definition) is 3. The molecule has 0 aliphatic carbocycles. The zero-order valence-corrected chi connectivity index (χ0v) is 19.1. The molecule has 0 spiro atoms. The number of nitrogens with zero attached hydrogens (tertiary/aromatic N) is 4. The predicted molar refractivity (Wildman–Crippen MR) is 119 cm³/mol. The third-order valence-electron chi connectivity index (χ3n) is 4.88. The van der Waals surface area contributed by atoms with Crippen LogP contribution in [-0.2, 0) is 6.54 Å². The summed E-state index contributed by atoms with van der Waals surface area (Å²) in [6.45, 7) is 4.29. The number of rotatable bonds is 6. The molecule has 9 nitrogen and oxygen atoms in total. The van der Waals surface area contributed by atoms with Crippen molar-refractivity contribution >= 4 is 55.0 Å². The van der Waals surface area contributed by atoms with E-state index >= 15 is 0 Å². The van der Waals surface area contributed by atoms with Gasteiger partial charge in [0.2, 0.25) is 0 Å². The number of aromatic nitrogens is 5. The van der Waals surface area contributed by atoms with Gasteiger partial charge in [0.15, 0.2) is 0 Å². The van der Waals surface area contributed by atoms with Crippen LogP contribution in [0.4, 0.5) is 14.5 Å². The summed E-state index contributed by atoms with van der Waals surface area (Å²) in [5.74, 6) is -1.42. The van der Waals surface area contributed by atoms with Crippen LogP contribution in [0.25, 0.3) is 21.3 Å². The number of thiophene rings is 1. The lowest BCUT2D eigenvalue weighted by molar-refractivity contribution is 0.100. The van der Waals surface area contributed by atoms with Crippen LogP contribution >= 0.6 is 27.3 Å². The number of pyridine rings is 1. The lowest BCUT2D eigenvalue weighted by Crippen LogP contribution is -2.17. The number of H-pyrrole nitrogens is 1. The van der Waals surface area contributed by atoms with Crippen molar-refractivity contribution in [2.45, 2.75) is 26.8 Å². The first-order chi connectivity index (χ1) is 15.2. The molecule has 4 aromatic rings. The molecule has 13 heteroatoms. The first-order valence-corrected chi connectivity index (χ1v) is 10.9. The number of hydrogen-bond acceptors (Lipinski definition) is 6. The number of nitrogens with one attached hydrogen (secondary N) is 2. The van der Waals surface area contributed by atoms with E-state index in [1.54, 1.807) is 10.9 Å². The molecule has 0 aliphatic rings. The predicted octanol–water partition coefficient (Wildman–Crippen LogP) is 4.26. The molecule has 0 fully saturated rings. The zero-order valence-electron chi connectivity index (χ0n) is 16.7. The number of amides is 2. The summed E-state index contributed by atoms with van der Waals surface area (Å²) < 4.78 is 29.3. The molecule has 2 amide bonds. The second kappa shape index (κ2) is 8.39. The highest BCUT2D eigenvalue weighted by Crippen LogP contribution is 2.43. The number of alkyl halides is 2. The third kappa shape index (κ3) is 3.66. The van der Waals surface area contributed by atoms with Crippen LogP contribution in [0, 0.1) is 6.92 Å². The van der Waals surface area contributed by atoms with Crippen molar-refractivity contribution in [3.63, 3.8) is 0 Å². The normalized spacial score (nSPS) is 11.4. The van der Waals surface area contributed by atoms with Crippen LogP contribution < -0.4 is 11.1 Å². The Labute approximate surface area is 192 Å². The van der Waals surface area contributed by atoms with Crippen LogP contribution in [0.2, 0.25) is 0 Å². The first kappa shape index (κ1) is 22.0. The molecule has 0 aromatic carbocycles. The Hall–Kier alpha value is -3.19. The maximum atomic E-state index is 13.6. The average molecular weight is 524 g/mol. The van der Waals surface area contributed by atoms with Gasteiger partial charge in [0.05, 0.1) is 22.6 Å². The molecule has 4 rings (SSSR count). The van der Waals surface area contributed by atoms with Crippen molar-refractivity contribution in [1.82, 2.24) is 25.0 Å². The highest BCUT2D eigenvalue weighted by molar-refractivity contribution is 9.10. The van der Waals surface area contributed by atoms with Gasteiger partial charge in [-0.1, -0.05) is 0 Å². The molecule has 0 bridgehead atoms. The molecule has 166 valence electrons. The number of aryl methyl sites for hydroxylation is 1. The third-order valence-corrected chi connectivity index (χ3v) is 6.58. The lowest BCUT2D eigenvalue weighted by Gasteiger charge is -2.11. The van der Waals surface area contributed by atoms with Crippen molar-refractivity contribution in [2.24, 2.45) is 5.73 Å². The van der Waals surface area contributed by atoms with E-state index in [1.165, 1.54) is 12.3 Å². The summed E-state index contributed by atoms with van der Waals surface area (Å²) in [5.41, 5.74) is 6.98. The van der Waals surface area contributed by atoms with E-state index < -0.39 is 23.9 Å². The quantitative estimate of drug-likeness (QED) is 0.347. The monoisotopic (exact) mass is 523 g/mol. The summed E-state index contributed by atoms with van der Waals surface area (Å²) in [6.07, 6.45) is 0.125. The molecule has 0 aliphatic heterocycles. The first-order valence-electron chi connectivity index (χ1n) is 9.31. The number of halogens is 3. The Bertz CT molecular complexity index is 1360. The van der Waals surface area contributed by atoms with Gasteiger partial charge in [-0.3, -0.25) is 19.4 Å². The molecule has 0 unspecified atom stereocenters. The molecule has 0 atom stereocenters. The molecule has 0 saturated carbocycles. The fourth-order valence-electron chi connectivity index (χ4n) is 3.37. The van der Waals surface area contributed by atoms with Crippen LogP contribution in [0.1, 0.15) is 44.9 Å². The van der Waals surface area contributed by atoms with Gasteiger partial charge >= 0.3 is 0 Å². The largest absolute Gasteiger partial charge is 0.365 e. The number of anilines is 1. The van der Waals surface area contributed by atoms with Gasteiger partial charge in [-0.2, -0.15) is 10.2 Å². The average Bonchev–Trinajstić information content (AvgIpc) is 3.44. The summed E-state index contributed by atoms with van der Waals surface area (Å²) in [7, 11) is 0. The maximum absolute atomic E-state index is 13.6. The molecular weight excluding hydrogens is 508 g/mol. The molecule has 0 saturated heterocycles. The van der Waals surface area contributed by atoms with E-state index in [9.17, 15) is 18.4 Å². The zero-order chi connectivity index (χ0) is 23.2. The molecule has 0 radical (unpaired) electrons. The van der Waals surface area contributed by atoms with Crippen molar-refractivity contribution in [1.29, 1.82) is 0 Å². The molecule has 4 N–H and O–H groups in total. The molecule has 4 aromatic heterocycles. The maximum Gasteiger partial charge on any atom is 0.280 e. The second-order valence-electron chi connectivity index (χ2n) is 6.75. The fourth-order valence-corrected chi connectivity index (χ4v) is 4.76. The highest BCUT2D eigenvalue weighted by atomic mass is 79.9. The number of primary amides is 1. The van der Waals surface area contributed by atoms with Gasteiger partial charge in [-0.05, 0) is 41.4 Å². The minimum Gasteiger partial charge on any atom is -0.365 e. The Morgan fingerprint density at radius 3 is 2.66 bits per heavy atom. The Balaban J connectivity index is 2.00. The van der Waals surface area contributed by atoms with Crippen molar-refractivity contribution in [2.75, 3.05) is 5.32 Å². The Kier molecular flexibility index (Phi) is 5.77. The summed E-state index contributed by atoms with van der Waals surface area (Å²) in [5, 5.41) is 13.6. The Morgan fingerprint density at radius 2 is 2.09 bits per heavy atom. The number of carbonyl (C=O) groups is 2.